The molecule has 8 aliphatic rings. The SMILES string of the molecule is C=C(C)C(CC[C@](C)(O[C@@H]1O[C@H](CO[C@@H]2O[C@H](CO)[C@@H](O)[C@H](O)[C@H]2O)[C@@H](O)[C@H](O)[C@H]1O)[C@H]1CC[C@]2(C)[C@@H]1[C@H](O)C[C@@H]1[C@@]3(C)CC[C@H](O[C@@H]4O[C@H](CO)[C@@H](O)[C@H](O)[C@H]4O[C@@H]4O[C@H](CO)[C@@H](O)[C@H](O)[C@H]4O)C(C)(C)[C@@H]3CC[C@]12C)OO. The molecule has 0 spiro atoms. The van der Waals surface area contributed by atoms with Crippen LogP contribution in [-0.2, 0) is 42.8 Å². The van der Waals surface area contributed by atoms with Gasteiger partial charge in [0, 0.05) is 0 Å². The van der Waals surface area contributed by atoms with Crippen LogP contribution in [0, 0.1) is 45.3 Å². The number of rotatable bonds is 18. The van der Waals surface area contributed by atoms with E-state index in [9.17, 15) is 81.9 Å². The Kier molecular flexibility index (Phi) is 19.6. The lowest BCUT2D eigenvalue weighted by Gasteiger charge is -2.71. The van der Waals surface area contributed by atoms with Crippen molar-refractivity contribution in [1.82, 2.24) is 0 Å². The van der Waals surface area contributed by atoms with Crippen LogP contribution in [0.5, 0.6) is 0 Å². The van der Waals surface area contributed by atoms with Gasteiger partial charge in [-0.1, -0.05) is 41.2 Å². The van der Waals surface area contributed by atoms with E-state index in [1.54, 1.807) is 6.92 Å². The lowest BCUT2D eigenvalue weighted by molar-refractivity contribution is -0.378. The predicted octanol–water partition coefficient (Wildman–Crippen LogP) is -2.73. The number of hydrogen-bond donors (Lipinski definition) is 16. The second-order valence-corrected chi connectivity index (χ2v) is 25.9. The van der Waals surface area contributed by atoms with E-state index in [-0.39, 0.29) is 35.5 Å². The Morgan fingerprint density at radius 1 is 0.582 bits per heavy atom. The summed E-state index contributed by atoms with van der Waals surface area (Å²) in [5.41, 5.74) is -2.61. The molecule has 8 rings (SSSR count). The number of fused-ring (bicyclic) bond motifs is 5. The summed E-state index contributed by atoms with van der Waals surface area (Å²) in [6.07, 6.45) is -30.1. The fourth-order valence-electron chi connectivity index (χ4n) is 16.4. The zero-order valence-corrected chi connectivity index (χ0v) is 46.3. The Morgan fingerprint density at radius 3 is 1.66 bits per heavy atom. The summed E-state index contributed by atoms with van der Waals surface area (Å²) in [4.78, 5) is 4.85. The van der Waals surface area contributed by atoms with E-state index in [1.165, 1.54) is 0 Å². The Balaban J connectivity index is 1.02. The number of aliphatic hydroxyl groups is 15. The quantitative estimate of drug-likeness (QED) is 0.0287. The van der Waals surface area contributed by atoms with Crippen molar-refractivity contribution in [3.8, 4) is 0 Å². The van der Waals surface area contributed by atoms with E-state index in [0.717, 1.165) is 12.8 Å². The van der Waals surface area contributed by atoms with Crippen molar-refractivity contribution in [3.63, 3.8) is 0 Å². The van der Waals surface area contributed by atoms with Gasteiger partial charge in [-0.3, -0.25) is 5.26 Å². The first-order valence-electron chi connectivity index (χ1n) is 28.2. The minimum atomic E-state index is -1.83. The molecule has 4 heterocycles. The van der Waals surface area contributed by atoms with E-state index in [4.69, 9.17) is 42.8 Å². The first kappa shape index (κ1) is 63.8. The van der Waals surface area contributed by atoms with Gasteiger partial charge in [0.25, 0.3) is 0 Å². The van der Waals surface area contributed by atoms with Gasteiger partial charge in [-0.05, 0) is 123 Å². The van der Waals surface area contributed by atoms with Gasteiger partial charge in [0.05, 0.1) is 44.2 Å². The normalized spacial score (nSPS) is 52.1. The van der Waals surface area contributed by atoms with Gasteiger partial charge < -0.3 is 114 Å². The number of hydrogen-bond acceptors (Lipinski definition) is 25. The van der Waals surface area contributed by atoms with Gasteiger partial charge in [-0.15, -0.1) is 0 Å². The molecule has 0 bridgehead atoms. The average Bonchev–Trinajstić information content (AvgIpc) is 2.76. The Bertz CT molecular complexity index is 2040. The van der Waals surface area contributed by atoms with Crippen molar-refractivity contribution in [3.05, 3.63) is 12.2 Å². The van der Waals surface area contributed by atoms with Crippen LogP contribution in [0.2, 0.25) is 0 Å². The molecule has 16 N–H and O–H groups in total. The van der Waals surface area contributed by atoms with Gasteiger partial charge in [0.2, 0.25) is 0 Å². The summed E-state index contributed by atoms with van der Waals surface area (Å²) < 4.78 is 48.8. The van der Waals surface area contributed by atoms with E-state index in [1.807, 2.05) is 6.92 Å². The van der Waals surface area contributed by atoms with E-state index in [0.29, 0.717) is 37.7 Å². The van der Waals surface area contributed by atoms with Crippen molar-refractivity contribution < 1.29 is 125 Å². The molecule has 0 amide bonds. The van der Waals surface area contributed by atoms with E-state index >= 15 is 0 Å². The molecule has 4 saturated heterocycles. The lowest BCUT2D eigenvalue weighted by atomic mass is 9.35. The second-order valence-electron chi connectivity index (χ2n) is 25.9. The van der Waals surface area contributed by atoms with Crippen molar-refractivity contribution in [2.45, 2.75) is 253 Å². The lowest BCUT2D eigenvalue weighted by Crippen LogP contribution is -2.68. The van der Waals surface area contributed by atoms with Crippen molar-refractivity contribution in [2.75, 3.05) is 26.4 Å². The molecule has 4 aliphatic carbocycles. The Morgan fingerprint density at radius 2 is 1.09 bits per heavy atom. The van der Waals surface area contributed by atoms with E-state index < -0.39 is 196 Å². The summed E-state index contributed by atoms with van der Waals surface area (Å²) in [6.45, 7) is 15.8. The van der Waals surface area contributed by atoms with Crippen LogP contribution in [0.3, 0.4) is 0 Å². The molecular formula is C54H92O25. The molecule has 458 valence electrons. The highest BCUT2D eigenvalue weighted by molar-refractivity contribution is 5.21. The van der Waals surface area contributed by atoms with Crippen molar-refractivity contribution >= 4 is 0 Å². The van der Waals surface area contributed by atoms with Gasteiger partial charge in [-0.2, -0.15) is 0 Å². The molecule has 4 saturated carbocycles. The highest BCUT2D eigenvalue weighted by Crippen LogP contribution is 2.76. The molecule has 8 fully saturated rings. The molecule has 1 unspecified atom stereocenters. The molecule has 79 heavy (non-hydrogen) atoms. The number of aliphatic hydroxyl groups excluding tert-OH is 15. The molecule has 25 heteroatoms. The van der Waals surface area contributed by atoms with Crippen molar-refractivity contribution in [1.29, 1.82) is 0 Å². The highest BCUT2D eigenvalue weighted by atomic mass is 17.1. The molecule has 0 aromatic rings. The molecule has 0 radical (unpaired) electrons. The summed E-state index contributed by atoms with van der Waals surface area (Å²) in [6, 6.07) is 0. The summed E-state index contributed by atoms with van der Waals surface area (Å²) >= 11 is 0. The van der Waals surface area contributed by atoms with Crippen LogP contribution in [0.15, 0.2) is 12.2 Å². The molecule has 31 atom stereocenters. The van der Waals surface area contributed by atoms with Gasteiger partial charge in [-0.25, -0.2) is 4.89 Å². The third kappa shape index (κ3) is 11.2. The summed E-state index contributed by atoms with van der Waals surface area (Å²) in [5.74, 6) is -0.841. The Labute approximate surface area is 460 Å². The standard InChI is InChI=1S/C54H92O25/c1-22(2)25(79-70)10-16-54(8,78-48-44(69)40(65)37(62)29(75-48)21-71-46-42(67)38(63)34(59)26(18-55)72-46)23-9-14-53(7)33(23)24(58)17-31-51(5)13-12-32(50(3,4)30(51)11-15-52(31,53)6)76-49-45(41(66)36(61)28(20-57)74-49)77-47-43(68)39(64)35(60)27(19-56)73-47/h23-49,55-70H,1,9-21H2,2-8H3/t23-,24+,25?,26+,27+,28+,29+,30-,31+,32-,33-,34+,35+,36+,37+,38-,39-,40-,41-,42+,43+,44+,45+,46+,47-,48-,49-,51-,52+,53+,54-/m0/s1. The average molecular weight is 1140 g/mol. The maximum absolute atomic E-state index is 12.9. The Hall–Kier alpha value is -1.26. The number of ether oxygens (including phenoxy) is 8. The molecule has 0 aromatic carbocycles. The zero-order chi connectivity index (χ0) is 58.2. The highest BCUT2D eigenvalue weighted by Gasteiger charge is 2.72. The zero-order valence-electron chi connectivity index (χ0n) is 46.3. The first-order chi connectivity index (χ1) is 37.0. The summed E-state index contributed by atoms with van der Waals surface area (Å²) in [7, 11) is 0. The predicted molar refractivity (Wildman–Crippen MR) is 269 cm³/mol. The summed E-state index contributed by atoms with van der Waals surface area (Å²) in [5, 5.41) is 172. The molecule has 4 aliphatic heterocycles. The maximum atomic E-state index is 12.9. The fourth-order valence-corrected chi connectivity index (χ4v) is 16.4. The fraction of sp³-hybridized carbons (Fsp3) is 0.963. The van der Waals surface area contributed by atoms with Gasteiger partial charge in [0.15, 0.2) is 25.2 Å². The van der Waals surface area contributed by atoms with Gasteiger partial charge >= 0.3 is 0 Å². The second kappa shape index (κ2) is 24.2. The minimum absolute atomic E-state index is 0.00515. The minimum Gasteiger partial charge on any atom is -0.394 e. The van der Waals surface area contributed by atoms with Crippen LogP contribution in [-0.4, -0.2) is 255 Å². The first-order valence-corrected chi connectivity index (χ1v) is 28.2. The van der Waals surface area contributed by atoms with Crippen LogP contribution in [0.1, 0.15) is 106 Å². The maximum Gasteiger partial charge on any atom is 0.187 e. The smallest absolute Gasteiger partial charge is 0.187 e. The monoisotopic (exact) mass is 1140 g/mol. The third-order valence-corrected chi connectivity index (χ3v) is 21.3. The van der Waals surface area contributed by atoms with Crippen LogP contribution >= 0.6 is 0 Å². The largest absolute Gasteiger partial charge is 0.394 e. The molecule has 0 aromatic heterocycles. The van der Waals surface area contributed by atoms with E-state index in [2.05, 4.69) is 41.2 Å². The topological polar surface area (TPSA) is 407 Å². The van der Waals surface area contributed by atoms with Gasteiger partial charge in [0.1, 0.15) is 104 Å². The van der Waals surface area contributed by atoms with Crippen LogP contribution in [0.25, 0.3) is 0 Å². The third-order valence-electron chi connectivity index (χ3n) is 21.3. The van der Waals surface area contributed by atoms with Crippen molar-refractivity contribution in [2.24, 2.45) is 45.3 Å². The van der Waals surface area contributed by atoms with Crippen LogP contribution < -0.4 is 0 Å². The molecule has 25 nitrogen and oxygen atoms in total. The van der Waals surface area contributed by atoms with Crippen LogP contribution in [0.4, 0.5) is 0 Å². The molecular weight excluding hydrogens is 1050 g/mol.